The van der Waals surface area contributed by atoms with Crippen molar-refractivity contribution in [3.8, 4) is 5.69 Å². The van der Waals surface area contributed by atoms with Crippen LogP contribution in [0.25, 0.3) is 5.69 Å². The van der Waals surface area contributed by atoms with E-state index in [-0.39, 0.29) is 23.5 Å². The zero-order valence-electron chi connectivity index (χ0n) is 15.1. The molecule has 0 saturated carbocycles. The van der Waals surface area contributed by atoms with E-state index in [1.54, 1.807) is 55.3 Å². The standard InChI is InChI=1S/C19H20N4O4/c1-3-27-17(25)10-13-5-4-6-14(9-13)19(26)18-16(24)7-8-23(21-18)15-11-20-22(2)12-15/h4-9,11-12,19,26H,3,10H2,1-2H3. The molecule has 3 rings (SSSR count). The maximum absolute atomic E-state index is 12.2. The van der Waals surface area contributed by atoms with Gasteiger partial charge in [0.05, 0.1) is 25.4 Å². The molecule has 0 saturated heterocycles. The molecule has 2 heterocycles. The summed E-state index contributed by atoms with van der Waals surface area (Å²) in [6, 6.07) is 8.18. The van der Waals surface area contributed by atoms with Crippen LogP contribution >= 0.6 is 0 Å². The van der Waals surface area contributed by atoms with Gasteiger partial charge in [-0.25, -0.2) is 4.68 Å². The predicted molar refractivity (Wildman–Crippen MR) is 97.4 cm³/mol. The smallest absolute Gasteiger partial charge is 0.310 e. The van der Waals surface area contributed by atoms with Crippen molar-refractivity contribution in [3.63, 3.8) is 0 Å². The highest BCUT2D eigenvalue weighted by molar-refractivity contribution is 5.72. The predicted octanol–water partition coefficient (Wildman–Crippen LogP) is 1.15. The molecular weight excluding hydrogens is 348 g/mol. The van der Waals surface area contributed by atoms with Gasteiger partial charge in [-0.3, -0.25) is 14.3 Å². The molecule has 0 aliphatic carbocycles. The molecule has 0 bridgehead atoms. The quantitative estimate of drug-likeness (QED) is 0.656. The molecule has 1 unspecified atom stereocenters. The number of hydrogen-bond acceptors (Lipinski definition) is 6. The number of nitrogens with zero attached hydrogens (tertiary/aromatic N) is 4. The topological polar surface area (TPSA) is 99.2 Å². The molecule has 0 spiro atoms. The molecule has 0 fully saturated rings. The molecule has 27 heavy (non-hydrogen) atoms. The maximum atomic E-state index is 12.2. The number of rotatable bonds is 6. The van der Waals surface area contributed by atoms with Crippen LogP contribution < -0.4 is 5.43 Å². The van der Waals surface area contributed by atoms with E-state index >= 15 is 0 Å². The molecular formula is C19H20N4O4. The number of aliphatic hydroxyl groups is 1. The van der Waals surface area contributed by atoms with Gasteiger partial charge < -0.3 is 9.84 Å². The number of hydrogen-bond donors (Lipinski definition) is 1. The lowest BCUT2D eigenvalue weighted by atomic mass is 10.0. The van der Waals surface area contributed by atoms with E-state index in [4.69, 9.17) is 4.74 Å². The largest absolute Gasteiger partial charge is 0.466 e. The first-order valence-corrected chi connectivity index (χ1v) is 8.49. The third kappa shape index (κ3) is 4.29. The lowest BCUT2D eigenvalue weighted by Crippen LogP contribution is -2.20. The molecule has 1 aromatic carbocycles. The Morgan fingerprint density at radius 1 is 1.33 bits per heavy atom. The van der Waals surface area contributed by atoms with Crippen LogP contribution in [0.5, 0.6) is 0 Å². The fraction of sp³-hybridized carbons (Fsp3) is 0.263. The molecule has 0 amide bonds. The lowest BCUT2D eigenvalue weighted by Gasteiger charge is -2.13. The molecule has 0 aliphatic heterocycles. The molecule has 1 atom stereocenters. The van der Waals surface area contributed by atoms with Crippen LogP contribution in [-0.4, -0.2) is 37.2 Å². The zero-order chi connectivity index (χ0) is 19.4. The van der Waals surface area contributed by atoms with Gasteiger partial charge in [-0.05, 0) is 18.1 Å². The van der Waals surface area contributed by atoms with Crippen LogP contribution in [0.1, 0.15) is 29.8 Å². The zero-order valence-corrected chi connectivity index (χ0v) is 15.1. The highest BCUT2D eigenvalue weighted by atomic mass is 16.5. The number of carbonyl (C=O) groups excluding carboxylic acids is 1. The summed E-state index contributed by atoms with van der Waals surface area (Å²) in [6.07, 6.45) is 3.74. The SMILES string of the molecule is CCOC(=O)Cc1cccc(C(O)c2nn(-c3cnn(C)c3)ccc2=O)c1. The van der Waals surface area contributed by atoms with Gasteiger partial charge in [-0.1, -0.05) is 24.3 Å². The van der Waals surface area contributed by atoms with Crippen LogP contribution in [0, 0.1) is 0 Å². The Labute approximate surface area is 155 Å². The second kappa shape index (κ2) is 7.96. The van der Waals surface area contributed by atoms with E-state index < -0.39 is 6.10 Å². The number of benzene rings is 1. The van der Waals surface area contributed by atoms with E-state index in [0.29, 0.717) is 23.4 Å². The van der Waals surface area contributed by atoms with Crippen molar-refractivity contribution in [2.45, 2.75) is 19.4 Å². The average Bonchev–Trinajstić information content (AvgIpc) is 3.08. The van der Waals surface area contributed by atoms with E-state index in [9.17, 15) is 14.7 Å². The Morgan fingerprint density at radius 3 is 2.85 bits per heavy atom. The Kier molecular flexibility index (Phi) is 5.46. The number of aromatic nitrogens is 4. The molecule has 8 nitrogen and oxygen atoms in total. The van der Waals surface area contributed by atoms with Gasteiger partial charge >= 0.3 is 5.97 Å². The average molecular weight is 368 g/mol. The first-order valence-electron chi connectivity index (χ1n) is 8.49. The van der Waals surface area contributed by atoms with Crippen molar-refractivity contribution in [2.75, 3.05) is 6.61 Å². The number of carbonyl (C=O) groups is 1. The van der Waals surface area contributed by atoms with E-state index in [1.165, 1.54) is 16.9 Å². The third-order valence-electron chi connectivity index (χ3n) is 3.97. The summed E-state index contributed by atoms with van der Waals surface area (Å²) in [4.78, 5) is 23.9. The molecule has 1 N–H and O–H groups in total. The van der Waals surface area contributed by atoms with Gasteiger partial charge in [0.15, 0.2) is 0 Å². The van der Waals surface area contributed by atoms with E-state index in [1.807, 2.05) is 0 Å². The summed E-state index contributed by atoms with van der Waals surface area (Å²) in [6.45, 7) is 2.05. The number of aryl methyl sites for hydroxylation is 1. The van der Waals surface area contributed by atoms with Crippen molar-refractivity contribution >= 4 is 5.97 Å². The Morgan fingerprint density at radius 2 is 2.15 bits per heavy atom. The summed E-state index contributed by atoms with van der Waals surface area (Å²) in [5.41, 5.74) is 1.45. The molecule has 8 heteroatoms. The van der Waals surface area contributed by atoms with Gasteiger partial charge in [0.1, 0.15) is 17.5 Å². The van der Waals surface area contributed by atoms with Crippen molar-refractivity contribution in [1.82, 2.24) is 19.6 Å². The van der Waals surface area contributed by atoms with Crippen molar-refractivity contribution in [3.05, 3.63) is 76.0 Å². The second-order valence-electron chi connectivity index (χ2n) is 6.01. The molecule has 0 aliphatic rings. The first-order chi connectivity index (χ1) is 13.0. The summed E-state index contributed by atoms with van der Waals surface area (Å²) in [5.74, 6) is -0.346. The number of esters is 1. The fourth-order valence-electron chi connectivity index (χ4n) is 2.69. The summed E-state index contributed by atoms with van der Waals surface area (Å²) in [7, 11) is 1.77. The third-order valence-corrected chi connectivity index (χ3v) is 3.97. The van der Waals surface area contributed by atoms with Gasteiger partial charge in [-0.2, -0.15) is 10.2 Å². The molecule has 0 radical (unpaired) electrons. The van der Waals surface area contributed by atoms with Crippen molar-refractivity contribution < 1.29 is 14.6 Å². The van der Waals surface area contributed by atoms with E-state index in [0.717, 1.165) is 0 Å². The van der Waals surface area contributed by atoms with Crippen LogP contribution in [0.3, 0.4) is 0 Å². The minimum atomic E-state index is -1.22. The summed E-state index contributed by atoms with van der Waals surface area (Å²) >= 11 is 0. The van der Waals surface area contributed by atoms with Gasteiger partial charge in [0, 0.05) is 19.3 Å². The minimum Gasteiger partial charge on any atom is -0.466 e. The Bertz CT molecular complexity index is 1010. The van der Waals surface area contributed by atoms with Crippen LogP contribution in [-0.2, 0) is 23.0 Å². The van der Waals surface area contributed by atoms with Crippen LogP contribution in [0.15, 0.2) is 53.7 Å². The fourth-order valence-corrected chi connectivity index (χ4v) is 2.69. The summed E-state index contributed by atoms with van der Waals surface area (Å²) in [5, 5.41) is 19.0. The van der Waals surface area contributed by atoms with Crippen molar-refractivity contribution in [1.29, 1.82) is 0 Å². The first kappa shape index (κ1) is 18.5. The highest BCUT2D eigenvalue weighted by Crippen LogP contribution is 2.20. The highest BCUT2D eigenvalue weighted by Gasteiger charge is 2.18. The Balaban J connectivity index is 1.90. The van der Waals surface area contributed by atoms with Crippen LogP contribution in [0.2, 0.25) is 0 Å². The molecule has 3 aromatic rings. The molecule has 140 valence electrons. The molecule has 2 aromatic heterocycles. The van der Waals surface area contributed by atoms with Gasteiger partial charge in [-0.15, -0.1) is 0 Å². The van der Waals surface area contributed by atoms with Crippen LogP contribution in [0.4, 0.5) is 0 Å². The van der Waals surface area contributed by atoms with Gasteiger partial charge in [0.2, 0.25) is 5.43 Å². The maximum Gasteiger partial charge on any atom is 0.310 e. The normalized spacial score (nSPS) is 12.0. The monoisotopic (exact) mass is 368 g/mol. The lowest BCUT2D eigenvalue weighted by molar-refractivity contribution is -0.142. The number of ether oxygens (including phenoxy) is 1. The summed E-state index contributed by atoms with van der Waals surface area (Å²) < 4.78 is 8.04. The van der Waals surface area contributed by atoms with Crippen molar-refractivity contribution in [2.24, 2.45) is 7.05 Å². The van der Waals surface area contributed by atoms with E-state index in [2.05, 4.69) is 10.2 Å². The minimum absolute atomic E-state index is 0.00497. The van der Waals surface area contributed by atoms with Gasteiger partial charge in [0.25, 0.3) is 0 Å². The number of aliphatic hydroxyl groups excluding tert-OH is 1. The second-order valence-corrected chi connectivity index (χ2v) is 6.01. The Hall–Kier alpha value is -3.26.